The van der Waals surface area contributed by atoms with Gasteiger partial charge in [-0.25, -0.2) is 10.1 Å². The van der Waals surface area contributed by atoms with Crippen LogP contribution in [0.1, 0.15) is 33.3 Å². The number of aliphatic hydroxyl groups is 3. The van der Waals surface area contributed by atoms with Crippen LogP contribution in [0.4, 0.5) is 5.95 Å². The Morgan fingerprint density at radius 2 is 1.90 bits per heavy atom. The summed E-state index contributed by atoms with van der Waals surface area (Å²) in [6.45, 7) is 8.16. The summed E-state index contributed by atoms with van der Waals surface area (Å²) >= 11 is 1.08. The van der Waals surface area contributed by atoms with Gasteiger partial charge in [-0.1, -0.05) is 62.9 Å². The number of nitrogens with zero attached hydrogens (tertiary/aromatic N) is 3. The third-order valence-corrected chi connectivity index (χ3v) is 7.45. The fourth-order valence-corrected chi connectivity index (χ4v) is 4.79. The lowest BCUT2D eigenvalue weighted by Crippen LogP contribution is -2.50. The zero-order chi connectivity index (χ0) is 31.3. The van der Waals surface area contributed by atoms with Gasteiger partial charge in [-0.15, -0.1) is 0 Å². The van der Waals surface area contributed by atoms with Crippen molar-refractivity contribution in [2.24, 2.45) is 5.41 Å². The SMILES string of the molecule is CC(C)(C)CO.COC(COP(NCc1ccccc1)OCCSC=O)C(O)C(C)(O)n1cnc2c(=O)[nH]c(N)nc21. The number of thioether (sulfide) groups is 1. The topological polar surface area (TPSA) is 207 Å². The summed E-state index contributed by atoms with van der Waals surface area (Å²) < 4.78 is 18.2. The Bertz CT molecular complexity index is 1290. The van der Waals surface area contributed by atoms with Crippen molar-refractivity contribution >= 4 is 43.0 Å². The number of anilines is 1. The highest BCUT2D eigenvalue weighted by Crippen LogP contribution is 2.35. The second-order valence-corrected chi connectivity index (χ2v) is 12.7. The summed E-state index contributed by atoms with van der Waals surface area (Å²) in [6, 6.07) is 9.64. The first-order valence-electron chi connectivity index (χ1n) is 13.0. The summed E-state index contributed by atoms with van der Waals surface area (Å²) in [6.07, 6.45) is -1.35. The molecule has 0 bridgehead atoms. The minimum absolute atomic E-state index is 0.00105. The molecule has 2 aromatic heterocycles. The first kappa shape index (κ1) is 35.7. The first-order chi connectivity index (χ1) is 19.8. The van der Waals surface area contributed by atoms with Gasteiger partial charge in [0.05, 0.1) is 19.5 Å². The van der Waals surface area contributed by atoms with E-state index in [1.807, 2.05) is 51.1 Å². The Hall–Kier alpha value is -2.46. The van der Waals surface area contributed by atoms with E-state index in [1.165, 1.54) is 20.4 Å². The van der Waals surface area contributed by atoms with Crippen molar-refractivity contribution in [2.75, 3.05) is 38.4 Å². The molecule has 0 fully saturated rings. The summed E-state index contributed by atoms with van der Waals surface area (Å²) in [7, 11) is -0.265. The Kier molecular flexibility index (Phi) is 14.5. The van der Waals surface area contributed by atoms with E-state index in [-0.39, 0.29) is 42.3 Å². The fourth-order valence-electron chi connectivity index (χ4n) is 3.28. The molecule has 0 spiro atoms. The Morgan fingerprint density at radius 1 is 1.24 bits per heavy atom. The molecular formula is C26H41N6O8PS. The van der Waals surface area contributed by atoms with E-state index in [4.69, 9.17) is 24.6 Å². The number of hydrogen-bond acceptors (Lipinski definition) is 13. The minimum Gasteiger partial charge on any atom is -0.396 e. The van der Waals surface area contributed by atoms with Crippen LogP contribution in [0, 0.1) is 5.41 Å². The Morgan fingerprint density at radius 3 is 2.50 bits per heavy atom. The largest absolute Gasteiger partial charge is 0.396 e. The number of fused-ring (bicyclic) bond motifs is 1. The number of benzene rings is 1. The Balaban J connectivity index is 0.000000928. The maximum atomic E-state index is 12.1. The van der Waals surface area contributed by atoms with Crippen molar-refractivity contribution in [3.8, 4) is 0 Å². The highest BCUT2D eigenvalue weighted by molar-refractivity contribution is 8.11. The lowest BCUT2D eigenvalue weighted by molar-refractivity contribution is -0.173. The highest BCUT2D eigenvalue weighted by atomic mass is 32.2. The van der Waals surface area contributed by atoms with Gasteiger partial charge in [0.1, 0.15) is 12.2 Å². The van der Waals surface area contributed by atoms with Gasteiger partial charge in [0.15, 0.2) is 22.5 Å². The van der Waals surface area contributed by atoms with Gasteiger partial charge in [0.2, 0.25) is 5.95 Å². The summed E-state index contributed by atoms with van der Waals surface area (Å²) in [5, 5.41) is 33.8. The monoisotopic (exact) mass is 628 g/mol. The molecule has 16 heteroatoms. The van der Waals surface area contributed by atoms with E-state index < -0.39 is 32.0 Å². The zero-order valence-corrected chi connectivity index (χ0v) is 26.1. The second kappa shape index (κ2) is 17.0. The number of carbonyl (C=O) groups is 1. The summed E-state index contributed by atoms with van der Waals surface area (Å²) in [5.74, 6) is 0.290. The molecule has 7 N–H and O–H groups in total. The van der Waals surface area contributed by atoms with Crippen molar-refractivity contribution in [3.05, 3.63) is 52.6 Å². The van der Waals surface area contributed by atoms with Crippen LogP contribution in [0.2, 0.25) is 0 Å². The third-order valence-electron chi connectivity index (χ3n) is 5.69. The lowest BCUT2D eigenvalue weighted by atomic mass is 9.99. The van der Waals surface area contributed by atoms with Crippen LogP contribution >= 0.6 is 20.3 Å². The molecule has 4 unspecified atom stereocenters. The number of nitrogens with one attached hydrogen (secondary N) is 2. The van der Waals surface area contributed by atoms with Gasteiger partial charge in [-0.05, 0) is 17.9 Å². The van der Waals surface area contributed by atoms with Crippen LogP contribution in [-0.2, 0) is 30.8 Å². The van der Waals surface area contributed by atoms with E-state index in [0.29, 0.717) is 12.3 Å². The molecule has 0 radical (unpaired) electrons. The minimum atomic E-state index is -1.99. The van der Waals surface area contributed by atoms with Gasteiger partial charge in [-0.2, -0.15) is 4.98 Å². The molecule has 4 atom stereocenters. The summed E-state index contributed by atoms with van der Waals surface area (Å²) in [5.41, 5.74) is 4.87. The predicted octanol–water partition coefficient (Wildman–Crippen LogP) is 1.74. The predicted molar refractivity (Wildman–Crippen MR) is 163 cm³/mol. The molecule has 0 aliphatic rings. The van der Waals surface area contributed by atoms with Crippen molar-refractivity contribution < 1.29 is 33.9 Å². The van der Waals surface area contributed by atoms with E-state index in [1.54, 1.807) is 0 Å². The quantitative estimate of drug-likeness (QED) is 0.0807. The van der Waals surface area contributed by atoms with Crippen LogP contribution in [0.15, 0.2) is 41.5 Å². The van der Waals surface area contributed by atoms with Crippen molar-refractivity contribution in [1.29, 1.82) is 0 Å². The molecule has 0 aliphatic heterocycles. The number of nitrogens with two attached hydrogens (primary N) is 1. The molecule has 1 aromatic carbocycles. The van der Waals surface area contributed by atoms with Crippen LogP contribution < -0.4 is 16.4 Å². The summed E-state index contributed by atoms with van der Waals surface area (Å²) in [4.78, 5) is 33.0. The van der Waals surface area contributed by atoms with Gasteiger partial charge >= 0.3 is 0 Å². The number of aromatic amines is 1. The number of carbonyl (C=O) groups excluding carboxylic acids is 1. The number of hydrogen-bond donors (Lipinski definition) is 6. The normalized spacial score (nSPS) is 15.3. The number of aromatic nitrogens is 4. The van der Waals surface area contributed by atoms with E-state index in [9.17, 15) is 19.8 Å². The van der Waals surface area contributed by atoms with E-state index in [0.717, 1.165) is 27.5 Å². The van der Waals surface area contributed by atoms with Gasteiger partial charge in [-0.3, -0.25) is 19.1 Å². The average molecular weight is 629 g/mol. The third kappa shape index (κ3) is 11.0. The van der Waals surface area contributed by atoms with Crippen LogP contribution in [0.5, 0.6) is 0 Å². The molecule has 42 heavy (non-hydrogen) atoms. The van der Waals surface area contributed by atoms with Crippen molar-refractivity contribution in [2.45, 2.75) is 52.2 Å². The average Bonchev–Trinajstić information content (AvgIpc) is 3.39. The van der Waals surface area contributed by atoms with E-state index >= 15 is 0 Å². The number of rotatable bonds is 15. The number of ether oxygens (including phenoxy) is 1. The molecule has 0 saturated carbocycles. The van der Waals surface area contributed by atoms with E-state index in [2.05, 4.69) is 20.0 Å². The van der Waals surface area contributed by atoms with Crippen LogP contribution in [0.3, 0.4) is 0 Å². The van der Waals surface area contributed by atoms with Crippen LogP contribution in [0.25, 0.3) is 11.2 Å². The molecule has 0 amide bonds. The molecular weight excluding hydrogens is 587 g/mol. The van der Waals surface area contributed by atoms with Crippen molar-refractivity contribution in [1.82, 2.24) is 24.6 Å². The molecule has 3 rings (SSSR count). The highest BCUT2D eigenvalue weighted by Gasteiger charge is 2.40. The van der Waals surface area contributed by atoms with Crippen molar-refractivity contribution in [3.63, 3.8) is 0 Å². The molecule has 3 aromatic rings. The maximum absolute atomic E-state index is 12.1. The number of aliphatic hydroxyl groups excluding tert-OH is 2. The number of nitrogen functional groups attached to an aromatic ring is 1. The molecule has 0 saturated heterocycles. The maximum Gasteiger partial charge on any atom is 0.280 e. The smallest absolute Gasteiger partial charge is 0.280 e. The van der Waals surface area contributed by atoms with Gasteiger partial charge in [0, 0.05) is 26.0 Å². The molecule has 2 heterocycles. The number of methoxy groups -OCH3 is 1. The van der Waals surface area contributed by atoms with Gasteiger partial charge < -0.3 is 34.8 Å². The number of imidazole rings is 1. The zero-order valence-electron chi connectivity index (χ0n) is 24.4. The molecule has 0 aliphatic carbocycles. The first-order valence-corrected chi connectivity index (χ1v) is 15.2. The standard InChI is InChI=1S/C21H29N6O7PS.C5H12O/c1-21(31,27-12-23-16-18(27)25-20(22)26-19(16)30)17(29)15(32-2)11-34-35(33-8-9-36-13-28)24-10-14-6-4-3-5-7-14;1-5(2,3)4-6/h3-7,12-13,15,17,24,29,31H,8-11H2,1-2H3,(H3,22,25,26,30);6H,4H2,1-3H3. The fraction of sp³-hybridized carbons (Fsp3) is 0.538. The van der Waals surface area contributed by atoms with Gasteiger partial charge in [0.25, 0.3) is 14.1 Å². The second-order valence-electron chi connectivity index (χ2n) is 10.4. The molecule has 14 nitrogen and oxygen atoms in total. The number of H-pyrrole nitrogens is 1. The molecule has 234 valence electrons. The van der Waals surface area contributed by atoms with Crippen LogP contribution in [-0.4, -0.2) is 85.3 Å². The Labute approximate surface area is 250 Å². The lowest BCUT2D eigenvalue weighted by Gasteiger charge is -2.35.